The Morgan fingerprint density at radius 2 is 0.612 bits per heavy atom. The number of unbranched alkanes of at least 4 members (excludes halogenated alkanes) is 8. The summed E-state index contributed by atoms with van der Waals surface area (Å²) in [7, 11) is -4.42. The molecule has 0 heterocycles. The molecule has 0 aromatic heterocycles. The summed E-state index contributed by atoms with van der Waals surface area (Å²) in [6.07, 6.45) is 106. The first-order chi connectivity index (χ1) is 41.8. The van der Waals surface area contributed by atoms with E-state index in [0.29, 0.717) is 12.8 Å². The van der Waals surface area contributed by atoms with Crippen molar-refractivity contribution in [1.29, 1.82) is 0 Å². The van der Waals surface area contributed by atoms with Crippen LogP contribution in [0.15, 0.2) is 219 Å². The van der Waals surface area contributed by atoms with E-state index in [1.165, 1.54) is 0 Å². The van der Waals surface area contributed by atoms with E-state index in [9.17, 15) is 19.0 Å². The molecule has 0 fully saturated rings. The molecule has 0 saturated heterocycles. The quantitative estimate of drug-likeness (QED) is 0.0264. The van der Waals surface area contributed by atoms with Crippen molar-refractivity contribution < 1.29 is 37.6 Å². The highest BCUT2D eigenvalue weighted by atomic mass is 31.2. The second-order valence-electron chi connectivity index (χ2n) is 20.2. The van der Waals surface area contributed by atoms with Gasteiger partial charge in [-0.15, -0.1) is 0 Å². The first kappa shape index (κ1) is 79.3. The standard InChI is InChI=1S/C75H114NO8P/c1-3-5-7-9-11-13-15-17-19-21-23-25-27-29-30-31-32-33-34-35-36-37-38-39-40-41-42-44-46-48-50-52-54-56-58-60-62-64-66-68-75(78)84-73(72-83-85(79,80)82-70-69-76)71-81-74(77)67-65-63-61-59-57-55-53-51-49-47-45-43-28-26-24-22-20-18-16-14-12-10-8-6-4-2/h5-8,11-14,17-20,23-26,29-30,32-33,35-36,38-39,41-43,45-46,48-49,51-52,54-55,57,73H,3-4,9-10,15-16,21-22,27-28,31,34,37,40,44,47,50,53,56,58-72,76H2,1-2H3,(H,79,80)/b7-5-,8-6-,13-11-,14-12-,19-17-,20-18-,25-23-,26-24-,30-29-,33-32-,36-35-,39-38-,42-41-,45-43-,48-46-,51-49-,54-52-,57-55-. The molecule has 2 atom stereocenters. The fourth-order valence-corrected chi connectivity index (χ4v) is 8.44. The Morgan fingerprint density at radius 3 is 0.918 bits per heavy atom. The number of ether oxygens (including phenoxy) is 2. The van der Waals surface area contributed by atoms with Crippen LogP contribution >= 0.6 is 7.82 Å². The summed E-state index contributed by atoms with van der Waals surface area (Å²) < 4.78 is 33.0. The second kappa shape index (κ2) is 67.5. The highest BCUT2D eigenvalue weighted by Crippen LogP contribution is 2.43. The predicted octanol–water partition coefficient (Wildman–Crippen LogP) is 21.3. The Balaban J connectivity index is 4.13. The minimum atomic E-state index is -4.42. The normalized spacial score (nSPS) is 14.4. The lowest BCUT2D eigenvalue weighted by Gasteiger charge is -2.19. The maximum Gasteiger partial charge on any atom is 0.472 e. The lowest BCUT2D eigenvalue weighted by molar-refractivity contribution is -0.161. The monoisotopic (exact) mass is 1190 g/mol. The van der Waals surface area contributed by atoms with Gasteiger partial charge in [-0.3, -0.25) is 18.6 Å². The van der Waals surface area contributed by atoms with Crippen LogP contribution in [0.4, 0.5) is 0 Å². The first-order valence-corrected chi connectivity index (χ1v) is 33.7. The van der Waals surface area contributed by atoms with Crippen molar-refractivity contribution in [3.63, 3.8) is 0 Å². The van der Waals surface area contributed by atoms with Crippen LogP contribution in [0.1, 0.15) is 206 Å². The molecule has 0 rings (SSSR count). The zero-order valence-electron chi connectivity index (χ0n) is 52.7. The maximum atomic E-state index is 12.7. The molecule has 2 unspecified atom stereocenters. The van der Waals surface area contributed by atoms with Gasteiger partial charge in [0.15, 0.2) is 6.10 Å². The molecule has 0 aliphatic heterocycles. The van der Waals surface area contributed by atoms with Crippen molar-refractivity contribution in [1.82, 2.24) is 0 Å². The molecule has 0 aliphatic carbocycles. The van der Waals surface area contributed by atoms with Crippen molar-refractivity contribution in [2.24, 2.45) is 5.73 Å². The van der Waals surface area contributed by atoms with Crippen LogP contribution < -0.4 is 5.73 Å². The Morgan fingerprint density at radius 1 is 0.353 bits per heavy atom. The van der Waals surface area contributed by atoms with E-state index < -0.39 is 32.5 Å². The minimum absolute atomic E-state index is 0.0320. The van der Waals surface area contributed by atoms with Gasteiger partial charge in [-0.25, -0.2) is 4.57 Å². The lowest BCUT2D eigenvalue weighted by atomic mass is 10.1. The van der Waals surface area contributed by atoms with Gasteiger partial charge in [-0.05, 0) is 154 Å². The van der Waals surface area contributed by atoms with Crippen molar-refractivity contribution in [3.05, 3.63) is 219 Å². The molecule has 0 saturated carbocycles. The molecule has 0 aliphatic rings. The van der Waals surface area contributed by atoms with Crippen molar-refractivity contribution in [3.8, 4) is 0 Å². The highest BCUT2D eigenvalue weighted by Gasteiger charge is 2.26. The average molecular weight is 1190 g/mol. The predicted molar refractivity (Wildman–Crippen MR) is 366 cm³/mol. The maximum absolute atomic E-state index is 12.7. The Labute approximate surface area is 518 Å². The second-order valence-corrected chi connectivity index (χ2v) is 21.6. The number of rotatable bonds is 57. The molecular weight excluding hydrogens is 1070 g/mol. The van der Waals surface area contributed by atoms with Crippen LogP contribution in [-0.2, 0) is 32.7 Å². The van der Waals surface area contributed by atoms with Crippen molar-refractivity contribution >= 4 is 19.8 Å². The third-order valence-electron chi connectivity index (χ3n) is 12.4. The number of carbonyl (C=O) groups is 2. The van der Waals surface area contributed by atoms with Gasteiger partial charge < -0.3 is 20.1 Å². The molecule has 85 heavy (non-hydrogen) atoms. The number of hydrogen-bond donors (Lipinski definition) is 2. The summed E-state index contributed by atoms with van der Waals surface area (Å²) in [6, 6.07) is 0. The van der Waals surface area contributed by atoms with Crippen LogP contribution in [0.2, 0.25) is 0 Å². The summed E-state index contributed by atoms with van der Waals surface area (Å²) in [6.45, 7) is 3.41. The smallest absolute Gasteiger partial charge is 0.462 e. The SMILES string of the molecule is CC/C=C\C/C=C\C/C=C\C/C=C\C/C=C\C/C=C\C/C=C\C/C=C\C/C=C\C/C=C\C/C=C\CCCCCCCC(=O)OC(COC(=O)CCCCC/C=C\C/C=C\C/C=C\C/C=C\C/C=C\C/C=C\C/C=C\CC)COP(=O)(O)OCCN. The lowest BCUT2D eigenvalue weighted by Crippen LogP contribution is -2.29. The molecule has 0 bridgehead atoms. The van der Waals surface area contributed by atoms with Gasteiger partial charge in [0.25, 0.3) is 0 Å². The molecule has 0 radical (unpaired) electrons. The summed E-state index contributed by atoms with van der Waals surface area (Å²) in [5.41, 5.74) is 5.38. The van der Waals surface area contributed by atoms with Crippen molar-refractivity contribution in [2.45, 2.75) is 213 Å². The van der Waals surface area contributed by atoms with Crippen LogP contribution in [-0.4, -0.2) is 49.3 Å². The summed E-state index contributed by atoms with van der Waals surface area (Å²) in [5.74, 6) is -0.909. The number of carbonyl (C=O) groups excluding carboxylic acids is 2. The zero-order chi connectivity index (χ0) is 61.6. The van der Waals surface area contributed by atoms with Crippen LogP contribution in [0.25, 0.3) is 0 Å². The molecule has 0 spiro atoms. The van der Waals surface area contributed by atoms with E-state index in [-0.39, 0.29) is 32.6 Å². The fourth-order valence-electron chi connectivity index (χ4n) is 7.68. The third-order valence-corrected chi connectivity index (χ3v) is 13.3. The Kier molecular flexibility index (Phi) is 63.0. The van der Waals surface area contributed by atoms with Gasteiger partial charge in [0.05, 0.1) is 13.2 Å². The Hall–Kier alpha value is -5.67. The average Bonchev–Trinajstić information content (AvgIpc) is 3.53. The van der Waals surface area contributed by atoms with E-state index >= 15 is 0 Å². The third kappa shape index (κ3) is 67.3. The number of nitrogens with two attached hydrogens (primary N) is 1. The molecule has 0 aromatic rings. The van der Waals surface area contributed by atoms with Crippen LogP contribution in [0, 0.1) is 0 Å². The van der Waals surface area contributed by atoms with E-state index in [1.54, 1.807) is 0 Å². The zero-order valence-corrected chi connectivity index (χ0v) is 53.6. The van der Waals surface area contributed by atoms with E-state index in [0.717, 1.165) is 167 Å². The highest BCUT2D eigenvalue weighted by molar-refractivity contribution is 7.47. The van der Waals surface area contributed by atoms with Gasteiger partial charge in [0.1, 0.15) is 6.61 Å². The topological polar surface area (TPSA) is 134 Å². The number of phosphoric acid groups is 1. The molecular formula is C75H114NO8P. The summed E-state index contributed by atoms with van der Waals surface area (Å²) in [5, 5.41) is 0. The van der Waals surface area contributed by atoms with Gasteiger partial charge in [-0.1, -0.05) is 258 Å². The van der Waals surface area contributed by atoms with Crippen LogP contribution in [0.5, 0.6) is 0 Å². The van der Waals surface area contributed by atoms with Gasteiger partial charge in [0.2, 0.25) is 0 Å². The van der Waals surface area contributed by atoms with Crippen molar-refractivity contribution in [2.75, 3.05) is 26.4 Å². The minimum Gasteiger partial charge on any atom is -0.462 e. The molecule has 9 nitrogen and oxygen atoms in total. The number of esters is 2. The fraction of sp³-hybridized carbons (Fsp3) is 0.493. The van der Waals surface area contributed by atoms with E-state index in [4.69, 9.17) is 24.3 Å². The van der Waals surface area contributed by atoms with Gasteiger partial charge in [-0.2, -0.15) is 0 Å². The van der Waals surface area contributed by atoms with Gasteiger partial charge in [0, 0.05) is 19.4 Å². The Bertz CT molecular complexity index is 2190. The van der Waals surface area contributed by atoms with E-state index in [2.05, 4.69) is 233 Å². The first-order valence-electron chi connectivity index (χ1n) is 32.2. The van der Waals surface area contributed by atoms with E-state index in [1.807, 2.05) is 0 Å². The molecule has 3 N–H and O–H groups in total. The molecule has 0 amide bonds. The molecule has 472 valence electrons. The van der Waals surface area contributed by atoms with Crippen LogP contribution in [0.3, 0.4) is 0 Å². The number of phosphoric ester groups is 1. The summed E-state index contributed by atoms with van der Waals surface area (Å²) >= 11 is 0. The van der Waals surface area contributed by atoms with Gasteiger partial charge >= 0.3 is 19.8 Å². The molecule has 10 heteroatoms. The number of allylic oxidation sites excluding steroid dienone is 36. The number of hydrogen-bond acceptors (Lipinski definition) is 8. The molecule has 0 aromatic carbocycles. The largest absolute Gasteiger partial charge is 0.472 e. The summed E-state index contributed by atoms with van der Waals surface area (Å²) in [4.78, 5) is 35.3.